The smallest absolute Gasteiger partial charge is 0.364 e. The van der Waals surface area contributed by atoms with Gasteiger partial charge in [0.05, 0.1) is 12.2 Å². The van der Waals surface area contributed by atoms with E-state index >= 15 is 0 Å². The molecule has 0 spiro atoms. The summed E-state index contributed by atoms with van der Waals surface area (Å²) in [6.45, 7) is 3.51. The molecule has 0 aromatic carbocycles. The number of oxazole rings is 1. The van der Waals surface area contributed by atoms with Gasteiger partial charge in [-0.3, -0.25) is 0 Å². The molecule has 8 heteroatoms. The lowest BCUT2D eigenvalue weighted by molar-refractivity contribution is 0.0647. The molecular formula is C12H17N5O3. The summed E-state index contributed by atoms with van der Waals surface area (Å²) in [6.07, 6.45) is 4.02. The van der Waals surface area contributed by atoms with Crippen molar-refractivity contribution >= 4 is 0 Å². The fourth-order valence-electron chi connectivity index (χ4n) is 2.26. The summed E-state index contributed by atoms with van der Waals surface area (Å²) in [5.74, 6) is 1.27. The van der Waals surface area contributed by atoms with Crippen LogP contribution in [0.4, 0.5) is 0 Å². The van der Waals surface area contributed by atoms with Crippen molar-refractivity contribution in [2.45, 2.75) is 38.8 Å². The minimum absolute atomic E-state index is 0.0702. The van der Waals surface area contributed by atoms with Crippen molar-refractivity contribution in [2.75, 3.05) is 13.2 Å². The SMILES string of the molecule is CCc1cnc(Cn2nnn(C3CCOCC3)c2=O)o1. The first-order valence-electron chi connectivity index (χ1n) is 6.81. The average Bonchev–Trinajstić information content (AvgIpc) is 3.08. The summed E-state index contributed by atoms with van der Waals surface area (Å²) in [4.78, 5) is 16.4. The predicted molar refractivity (Wildman–Crippen MR) is 68.4 cm³/mol. The number of nitrogens with zero attached hydrogens (tertiary/aromatic N) is 5. The highest BCUT2D eigenvalue weighted by molar-refractivity contribution is 4.93. The molecule has 0 bridgehead atoms. The van der Waals surface area contributed by atoms with Crippen LogP contribution in [0.3, 0.4) is 0 Å². The van der Waals surface area contributed by atoms with E-state index in [1.54, 1.807) is 6.20 Å². The molecule has 1 fully saturated rings. The van der Waals surface area contributed by atoms with Crippen molar-refractivity contribution in [3.8, 4) is 0 Å². The Kier molecular flexibility index (Phi) is 3.64. The highest BCUT2D eigenvalue weighted by Crippen LogP contribution is 2.17. The first-order chi connectivity index (χ1) is 9.78. The van der Waals surface area contributed by atoms with Crippen LogP contribution in [0.1, 0.15) is 37.5 Å². The third kappa shape index (κ3) is 2.51. The van der Waals surface area contributed by atoms with Crippen molar-refractivity contribution in [2.24, 2.45) is 0 Å². The normalized spacial score (nSPS) is 16.6. The fourth-order valence-corrected chi connectivity index (χ4v) is 2.26. The van der Waals surface area contributed by atoms with Crippen molar-refractivity contribution in [3.63, 3.8) is 0 Å². The Hall–Kier alpha value is -1.96. The second-order valence-electron chi connectivity index (χ2n) is 4.78. The van der Waals surface area contributed by atoms with E-state index in [0.29, 0.717) is 19.1 Å². The standard InChI is InChI=1S/C12H17N5O3/c1-2-10-7-13-11(20-10)8-16-12(18)17(15-14-16)9-3-5-19-6-4-9/h7,9H,2-6,8H2,1H3. The van der Waals surface area contributed by atoms with E-state index in [1.165, 1.54) is 9.36 Å². The number of tetrazole rings is 1. The van der Waals surface area contributed by atoms with Crippen molar-refractivity contribution in [1.29, 1.82) is 0 Å². The Labute approximate surface area is 115 Å². The van der Waals surface area contributed by atoms with E-state index in [-0.39, 0.29) is 18.3 Å². The molecule has 108 valence electrons. The van der Waals surface area contributed by atoms with Crippen LogP contribution in [0.25, 0.3) is 0 Å². The maximum Gasteiger partial charge on any atom is 0.364 e. The molecule has 1 aliphatic heterocycles. The third-order valence-electron chi connectivity index (χ3n) is 3.43. The van der Waals surface area contributed by atoms with Crippen LogP contribution in [-0.4, -0.2) is 38.0 Å². The van der Waals surface area contributed by atoms with Gasteiger partial charge in [-0.15, -0.1) is 0 Å². The van der Waals surface area contributed by atoms with Crippen molar-refractivity contribution in [1.82, 2.24) is 24.8 Å². The van der Waals surface area contributed by atoms with Crippen molar-refractivity contribution in [3.05, 3.63) is 28.3 Å². The Morgan fingerprint density at radius 2 is 2.15 bits per heavy atom. The lowest BCUT2D eigenvalue weighted by atomic mass is 10.1. The maximum absolute atomic E-state index is 12.2. The van der Waals surface area contributed by atoms with Gasteiger partial charge in [0.15, 0.2) is 0 Å². The number of hydrogen-bond donors (Lipinski definition) is 0. The van der Waals surface area contributed by atoms with Crippen LogP contribution in [-0.2, 0) is 17.7 Å². The zero-order valence-corrected chi connectivity index (χ0v) is 11.4. The summed E-state index contributed by atoms with van der Waals surface area (Å²) < 4.78 is 13.5. The molecular weight excluding hydrogens is 262 g/mol. The number of ether oxygens (including phenoxy) is 1. The molecule has 8 nitrogen and oxygen atoms in total. The molecule has 0 radical (unpaired) electrons. The van der Waals surface area contributed by atoms with Gasteiger partial charge >= 0.3 is 5.69 Å². The Bertz CT molecular complexity index is 623. The van der Waals surface area contributed by atoms with Gasteiger partial charge in [0.2, 0.25) is 5.89 Å². The average molecular weight is 279 g/mol. The summed E-state index contributed by atoms with van der Waals surface area (Å²) in [7, 11) is 0. The van der Waals surface area contributed by atoms with Crippen LogP contribution in [0.15, 0.2) is 15.4 Å². The molecule has 0 amide bonds. The van der Waals surface area contributed by atoms with E-state index in [0.717, 1.165) is 25.0 Å². The van der Waals surface area contributed by atoms with Crippen LogP contribution in [0.5, 0.6) is 0 Å². The second-order valence-corrected chi connectivity index (χ2v) is 4.78. The molecule has 1 saturated heterocycles. The molecule has 2 aromatic rings. The number of aryl methyl sites for hydroxylation is 1. The highest BCUT2D eigenvalue weighted by Gasteiger charge is 2.21. The first kappa shape index (κ1) is 13.0. The molecule has 0 saturated carbocycles. The van der Waals surface area contributed by atoms with Gasteiger partial charge in [0, 0.05) is 19.6 Å². The lowest BCUT2D eigenvalue weighted by Gasteiger charge is -2.20. The predicted octanol–water partition coefficient (Wildman–Crippen LogP) is 0.390. The zero-order valence-electron chi connectivity index (χ0n) is 11.4. The molecule has 2 aromatic heterocycles. The van der Waals surface area contributed by atoms with Gasteiger partial charge in [-0.05, 0) is 23.3 Å². The molecule has 1 aliphatic rings. The quantitative estimate of drug-likeness (QED) is 0.804. The summed E-state index contributed by atoms with van der Waals surface area (Å²) in [5.41, 5.74) is -0.229. The summed E-state index contributed by atoms with van der Waals surface area (Å²) >= 11 is 0. The lowest BCUT2D eigenvalue weighted by Crippen LogP contribution is -2.31. The van der Waals surface area contributed by atoms with Crippen molar-refractivity contribution < 1.29 is 9.15 Å². The number of aromatic nitrogens is 5. The zero-order chi connectivity index (χ0) is 13.9. The minimum Gasteiger partial charge on any atom is -0.444 e. The Morgan fingerprint density at radius 3 is 2.85 bits per heavy atom. The number of hydrogen-bond acceptors (Lipinski definition) is 6. The Morgan fingerprint density at radius 1 is 1.35 bits per heavy atom. The van der Waals surface area contributed by atoms with E-state index in [2.05, 4.69) is 15.4 Å². The van der Waals surface area contributed by atoms with Crippen LogP contribution in [0.2, 0.25) is 0 Å². The molecule has 3 rings (SSSR count). The fraction of sp³-hybridized carbons (Fsp3) is 0.667. The first-order valence-corrected chi connectivity index (χ1v) is 6.81. The van der Waals surface area contributed by atoms with Gasteiger partial charge in [-0.25, -0.2) is 9.78 Å². The molecule has 0 atom stereocenters. The van der Waals surface area contributed by atoms with Crippen LogP contribution < -0.4 is 5.69 Å². The molecule has 0 N–H and O–H groups in total. The van der Waals surface area contributed by atoms with Gasteiger partial charge in [0.25, 0.3) is 0 Å². The molecule has 0 aliphatic carbocycles. The van der Waals surface area contributed by atoms with Gasteiger partial charge < -0.3 is 9.15 Å². The molecule has 3 heterocycles. The van der Waals surface area contributed by atoms with Gasteiger partial charge in [-0.2, -0.15) is 9.36 Å². The van der Waals surface area contributed by atoms with E-state index < -0.39 is 0 Å². The molecule has 0 unspecified atom stereocenters. The topological polar surface area (TPSA) is 88.0 Å². The summed E-state index contributed by atoms with van der Waals surface area (Å²) in [6, 6.07) is 0.0702. The van der Waals surface area contributed by atoms with E-state index in [4.69, 9.17) is 9.15 Å². The monoisotopic (exact) mass is 279 g/mol. The van der Waals surface area contributed by atoms with E-state index in [1.807, 2.05) is 6.92 Å². The Balaban J connectivity index is 1.77. The largest absolute Gasteiger partial charge is 0.444 e. The third-order valence-corrected chi connectivity index (χ3v) is 3.43. The van der Waals surface area contributed by atoms with Gasteiger partial charge in [-0.1, -0.05) is 6.92 Å². The second kappa shape index (κ2) is 5.58. The maximum atomic E-state index is 12.2. The summed E-state index contributed by atoms with van der Waals surface area (Å²) in [5, 5.41) is 7.85. The van der Waals surface area contributed by atoms with Gasteiger partial charge in [0.1, 0.15) is 12.3 Å². The number of rotatable bonds is 4. The van der Waals surface area contributed by atoms with Crippen LogP contribution in [0, 0.1) is 0 Å². The molecule has 20 heavy (non-hydrogen) atoms. The van der Waals surface area contributed by atoms with Crippen LogP contribution >= 0.6 is 0 Å². The minimum atomic E-state index is -0.229. The highest BCUT2D eigenvalue weighted by atomic mass is 16.5. The van der Waals surface area contributed by atoms with E-state index in [9.17, 15) is 4.79 Å².